The Bertz CT molecular complexity index is 1570. The molecule has 8 heteroatoms. The molecule has 0 aliphatic carbocycles. The number of hydrogen-bond donors (Lipinski definition) is 2. The molecule has 1 saturated heterocycles. The first kappa shape index (κ1) is 20.5. The summed E-state index contributed by atoms with van der Waals surface area (Å²) >= 11 is 21.7. The van der Waals surface area contributed by atoms with Gasteiger partial charge < -0.3 is 0 Å². The second-order valence-electron chi connectivity index (χ2n) is 7.32. The number of rotatable bonds is 1. The predicted molar refractivity (Wildman–Crippen MR) is 134 cm³/mol. The van der Waals surface area contributed by atoms with Gasteiger partial charge in [0.15, 0.2) is 0 Å². The Morgan fingerprint density at radius 1 is 0.667 bits per heavy atom. The molecule has 152 valence electrons. The molecule has 0 aromatic heterocycles. The fraction of sp³-hybridized carbons (Fsp3) is 0.0909. The molecule has 2 N–H and O–H groups in total. The molecular formula is C22H9Br4ClIO2-. The van der Waals surface area contributed by atoms with Crippen LogP contribution in [-0.2, 0) is 0 Å². The molecule has 0 radical (unpaired) electrons. The van der Waals surface area contributed by atoms with Crippen molar-refractivity contribution in [2.75, 3.05) is 4.43 Å². The summed E-state index contributed by atoms with van der Waals surface area (Å²) in [5, 5.41) is 29.7. The van der Waals surface area contributed by atoms with Gasteiger partial charge in [-0.1, -0.05) is 0 Å². The summed E-state index contributed by atoms with van der Waals surface area (Å²) < 4.78 is 5.21. The second-order valence-corrected chi connectivity index (χ2v) is 14.4. The third-order valence-electron chi connectivity index (χ3n) is 5.70. The number of aromatic hydroxyl groups is 2. The first-order valence-electron chi connectivity index (χ1n) is 8.88. The Balaban J connectivity index is 2.12. The van der Waals surface area contributed by atoms with E-state index in [0.29, 0.717) is 19.7 Å². The normalized spacial score (nSPS) is 16.8. The van der Waals surface area contributed by atoms with Crippen LogP contribution in [0.4, 0.5) is 0 Å². The van der Waals surface area contributed by atoms with Crippen molar-refractivity contribution < 1.29 is 31.4 Å². The molecule has 1 aliphatic rings. The molecule has 30 heavy (non-hydrogen) atoms. The number of alkyl halides is 2. The van der Waals surface area contributed by atoms with E-state index in [4.69, 9.17) is 11.6 Å². The molecule has 1 fully saturated rings. The van der Waals surface area contributed by atoms with Crippen LogP contribution < -0.4 is 21.2 Å². The van der Waals surface area contributed by atoms with Gasteiger partial charge >= 0.3 is 222 Å². The fourth-order valence-corrected chi connectivity index (χ4v) is 9.73. The van der Waals surface area contributed by atoms with E-state index in [1.165, 1.54) is 9.99 Å². The minimum atomic E-state index is 0.106. The molecule has 1 aliphatic heterocycles. The van der Waals surface area contributed by atoms with Gasteiger partial charge in [-0.15, -0.1) is 0 Å². The van der Waals surface area contributed by atoms with Gasteiger partial charge in [0, 0.05) is 0 Å². The van der Waals surface area contributed by atoms with Crippen molar-refractivity contribution in [3.05, 3.63) is 52.7 Å². The Morgan fingerprint density at radius 2 is 1.13 bits per heavy atom. The van der Waals surface area contributed by atoms with Gasteiger partial charge in [-0.05, 0) is 0 Å². The fourth-order valence-electron chi connectivity index (χ4n) is 4.52. The van der Waals surface area contributed by atoms with Crippen molar-refractivity contribution in [1.82, 2.24) is 0 Å². The number of phenolic OH excluding ortho intramolecular Hbond substituents is 2. The average Bonchev–Trinajstić information content (AvgIpc) is 3.49. The molecule has 0 saturated carbocycles. The molecule has 5 aromatic rings. The van der Waals surface area contributed by atoms with Gasteiger partial charge in [0.05, 0.1) is 0 Å². The van der Waals surface area contributed by atoms with Crippen molar-refractivity contribution in [1.29, 1.82) is 0 Å². The van der Waals surface area contributed by atoms with Crippen molar-refractivity contribution in [2.45, 2.75) is 3.92 Å². The number of benzene rings is 5. The van der Waals surface area contributed by atoms with Gasteiger partial charge in [0.25, 0.3) is 0 Å². The van der Waals surface area contributed by atoms with Crippen LogP contribution in [0.3, 0.4) is 0 Å². The van der Waals surface area contributed by atoms with E-state index in [9.17, 15) is 10.2 Å². The monoisotopic (exact) mass is 783 g/mol. The Labute approximate surface area is 220 Å². The van der Waals surface area contributed by atoms with E-state index >= 15 is 0 Å². The predicted octanol–water partition coefficient (Wildman–Crippen LogP) is 6.00. The quantitative estimate of drug-likeness (QED) is 0.0950. The summed E-state index contributed by atoms with van der Waals surface area (Å²) in [6.45, 7) is 0. The van der Waals surface area contributed by atoms with Gasteiger partial charge in [0.2, 0.25) is 0 Å². The van der Waals surface area contributed by atoms with Crippen LogP contribution >= 0.6 is 75.3 Å². The van der Waals surface area contributed by atoms with Gasteiger partial charge in [-0.2, -0.15) is 0 Å². The zero-order chi connectivity index (χ0) is 21.1. The molecule has 0 bridgehead atoms. The third-order valence-corrected chi connectivity index (χ3v) is 10.9. The van der Waals surface area contributed by atoms with E-state index in [1.54, 1.807) is 12.1 Å². The minimum absolute atomic E-state index is 0.106. The van der Waals surface area contributed by atoms with Crippen LogP contribution in [0.25, 0.3) is 43.1 Å². The SMILES string of the molecule is Oc1cc(Br)c2c(Br)cc(Cl)c3c4c(C5C[I-]5)cc(Br)c5c(Br)cc(O)c(c1c23)c54. The first-order chi connectivity index (χ1) is 14.3. The number of halogens is 6. The van der Waals surface area contributed by atoms with E-state index in [0.717, 1.165) is 50.2 Å². The van der Waals surface area contributed by atoms with E-state index in [2.05, 4.69) is 69.8 Å². The van der Waals surface area contributed by atoms with E-state index in [-0.39, 0.29) is 32.7 Å². The Hall–Kier alpha value is -0.0600. The first-order valence-corrected chi connectivity index (χ1v) is 15.2. The Morgan fingerprint density at radius 3 is 1.67 bits per heavy atom. The van der Waals surface area contributed by atoms with Crippen LogP contribution in [0, 0.1) is 0 Å². The average molecular weight is 787 g/mol. The Kier molecular flexibility index (Phi) is 4.77. The standard InChI is InChI=1S/C22H9Br4ClIO2/c23-7-1-6(12-5-28-12)15-18-11(27)2-8(24)17-10(26)4-14(30)20(22(17)18)19-13(29)3-9(25)16(7)21(15)19/h1-4,12,29-30H,5H2/q-1. The topological polar surface area (TPSA) is 40.5 Å². The number of phenols is 2. The summed E-state index contributed by atoms with van der Waals surface area (Å²) in [5.41, 5.74) is 1.27. The van der Waals surface area contributed by atoms with Gasteiger partial charge in [-0.25, -0.2) is 0 Å². The van der Waals surface area contributed by atoms with Crippen molar-refractivity contribution in [3.63, 3.8) is 0 Å². The maximum atomic E-state index is 11.1. The summed E-state index contributed by atoms with van der Waals surface area (Å²) in [6.07, 6.45) is 0. The maximum absolute atomic E-state index is 11.1. The van der Waals surface area contributed by atoms with Gasteiger partial charge in [-0.3, -0.25) is 0 Å². The molecule has 5 aromatic carbocycles. The molecule has 0 spiro atoms. The molecule has 0 amide bonds. The molecular weight excluding hydrogens is 778 g/mol. The zero-order valence-electron chi connectivity index (χ0n) is 14.8. The van der Waals surface area contributed by atoms with Crippen molar-refractivity contribution in [2.24, 2.45) is 0 Å². The summed E-state index contributed by atoms with van der Waals surface area (Å²) in [4.78, 5) is 0. The molecule has 1 heterocycles. The summed E-state index contributed by atoms with van der Waals surface area (Å²) in [7, 11) is 0. The van der Waals surface area contributed by atoms with Crippen LogP contribution in [0.1, 0.15) is 9.49 Å². The van der Waals surface area contributed by atoms with E-state index in [1.807, 2.05) is 6.07 Å². The van der Waals surface area contributed by atoms with Crippen LogP contribution in [0.5, 0.6) is 11.5 Å². The number of fused-ring (bicyclic) bond motifs is 2. The zero-order valence-corrected chi connectivity index (χ0v) is 24.0. The number of hydrogen-bond acceptors (Lipinski definition) is 2. The molecule has 2 nitrogen and oxygen atoms in total. The van der Waals surface area contributed by atoms with Gasteiger partial charge in [0.1, 0.15) is 0 Å². The van der Waals surface area contributed by atoms with Crippen molar-refractivity contribution in [3.8, 4) is 11.5 Å². The van der Waals surface area contributed by atoms with Crippen LogP contribution in [-0.4, -0.2) is 14.6 Å². The summed E-state index contributed by atoms with van der Waals surface area (Å²) in [5.74, 6) is 0.237. The van der Waals surface area contributed by atoms with Crippen LogP contribution in [0.2, 0.25) is 5.02 Å². The molecule has 1 atom stereocenters. The van der Waals surface area contributed by atoms with Crippen LogP contribution in [0.15, 0.2) is 42.2 Å². The summed E-state index contributed by atoms with van der Waals surface area (Å²) in [6, 6.07) is 7.53. The van der Waals surface area contributed by atoms with E-state index < -0.39 is 0 Å². The van der Waals surface area contributed by atoms with Crippen molar-refractivity contribution >= 4 is 118 Å². The third kappa shape index (κ3) is 2.68. The second kappa shape index (κ2) is 6.97. The molecule has 6 rings (SSSR count). The molecule has 1 unspecified atom stereocenters.